The number of nitrogens with one attached hydrogen (secondary N) is 1. The molecule has 1 aromatic rings. The number of aromatic nitrogens is 3. The molecule has 2 aliphatic heterocycles. The number of hydrogen-bond donors (Lipinski definition) is 1. The van der Waals surface area contributed by atoms with Gasteiger partial charge in [0.2, 0.25) is 0 Å². The lowest BCUT2D eigenvalue weighted by molar-refractivity contribution is 0.0405. The number of nitrogens with zero attached hydrogens (tertiary/aromatic N) is 3. The molecule has 0 aromatic carbocycles. The van der Waals surface area contributed by atoms with Crippen LogP contribution in [0, 0.1) is 5.92 Å². The fourth-order valence-electron chi connectivity index (χ4n) is 4.72. The average Bonchev–Trinajstić information content (AvgIpc) is 3.30. The zero-order chi connectivity index (χ0) is 16.4. The molecule has 24 heavy (non-hydrogen) atoms. The minimum absolute atomic E-state index is 0.0417. The molecule has 0 unspecified atom stereocenters. The van der Waals surface area contributed by atoms with Crippen molar-refractivity contribution in [3.63, 3.8) is 0 Å². The first-order valence-electron chi connectivity index (χ1n) is 9.65. The first-order valence-corrected chi connectivity index (χ1v) is 9.65. The van der Waals surface area contributed by atoms with Crippen LogP contribution in [-0.2, 0) is 4.74 Å². The maximum absolute atomic E-state index is 13.6. The summed E-state index contributed by atoms with van der Waals surface area (Å²) < 4.78 is 19.1. The summed E-state index contributed by atoms with van der Waals surface area (Å²) in [6, 6.07) is 0.540. The molecule has 1 N–H and O–H groups in total. The van der Waals surface area contributed by atoms with E-state index in [9.17, 15) is 4.39 Å². The van der Waals surface area contributed by atoms with Crippen molar-refractivity contribution in [1.29, 1.82) is 0 Å². The Labute approximate surface area is 143 Å². The van der Waals surface area contributed by atoms with Gasteiger partial charge in [-0.3, -0.25) is 14.4 Å². The SMILES string of the molecule is FC[C@@H]1CN(C2CCOCC2)C[C@H]1c1nc(C2CCCCC2)n[nH]1. The number of likely N-dealkylation sites (tertiary alicyclic amines) is 1. The summed E-state index contributed by atoms with van der Waals surface area (Å²) in [4.78, 5) is 7.27. The highest BCUT2D eigenvalue weighted by Crippen LogP contribution is 2.36. The number of aromatic amines is 1. The highest BCUT2D eigenvalue weighted by atomic mass is 19.1. The molecular weight excluding hydrogens is 307 g/mol. The number of rotatable bonds is 4. The van der Waals surface area contributed by atoms with Gasteiger partial charge < -0.3 is 4.74 Å². The Hall–Kier alpha value is -1.01. The van der Waals surface area contributed by atoms with Crippen LogP contribution < -0.4 is 0 Å². The van der Waals surface area contributed by atoms with Gasteiger partial charge in [-0.1, -0.05) is 19.3 Å². The molecule has 1 aliphatic carbocycles. The molecule has 3 fully saturated rings. The lowest BCUT2D eigenvalue weighted by Gasteiger charge is -2.31. The minimum Gasteiger partial charge on any atom is -0.381 e. The van der Waals surface area contributed by atoms with Crippen LogP contribution in [0.4, 0.5) is 4.39 Å². The van der Waals surface area contributed by atoms with Crippen LogP contribution in [0.5, 0.6) is 0 Å². The van der Waals surface area contributed by atoms with Gasteiger partial charge in [0.25, 0.3) is 0 Å². The van der Waals surface area contributed by atoms with Crippen LogP contribution in [0.15, 0.2) is 0 Å². The van der Waals surface area contributed by atoms with Crippen molar-refractivity contribution in [1.82, 2.24) is 20.1 Å². The van der Waals surface area contributed by atoms with E-state index in [2.05, 4.69) is 15.1 Å². The van der Waals surface area contributed by atoms with E-state index >= 15 is 0 Å². The lowest BCUT2D eigenvalue weighted by Crippen LogP contribution is -2.38. The Kier molecular flexibility index (Phi) is 5.13. The van der Waals surface area contributed by atoms with Gasteiger partial charge in [-0.25, -0.2) is 4.98 Å². The topological polar surface area (TPSA) is 54.0 Å². The van der Waals surface area contributed by atoms with Crippen molar-refractivity contribution in [3.8, 4) is 0 Å². The molecule has 6 heteroatoms. The molecule has 2 saturated heterocycles. The molecule has 0 radical (unpaired) electrons. The molecule has 1 aromatic heterocycles. The molecule has 134 valence electrons. The van der Waals surface area contributed by atoms with Gasteiger partial charge in [0, 0.05) is 50.1 Å². The van der Waals surface area contributed by atoms with Crippen LogP contribution in [0.1, 0.15) is 68.4 Å². The maximum Gasteiger partial charge on any atom is 0.153 e. The molecule has 5 nitrogen and oxygen atoms in total. The third-order valence-electron chi connectivity index (χ3n) is 6.22. The third kappa shape index (κ3) is 3.36. The van der Waals surface area contributed by atoms with Crippen LogP contribution in [0.2, 0.25) is 0 Å². The molecular formula is C18H29FN4O. The minimum atomic E-state index is -0.274. The highest BCUT2D eigenvalue weighted by molar-refractivity contribution is 5.08. The fraction of sp³-hybridized carbons (Fsp3) is 0.889. The Morgan fingerprint density at radius 3 is 2.62 bits per heavy atom. The van der Waals surface area contributed by atoms with Gasteiger partial charge in [0.1, 0.15) is 5.82 Å². The van der Waals surface area contributed by atoms with E-state index in [1.807, 2.05) is 0 Å². The van der Waals surface area contributed by atoms with Crippen molar-refractivity contribution in [3.05, 3.63) is 11.6 Å². The number of H-pyrrole nitrogens is 1. The lowest BCUT2D eigenvalue weighted by atomic mass is 9.89. The average molecular weight is 336 g/mol. The molecule has 0 amide bonds. The van der Waals surface area contributed by atoms with E-state index in [1.165, 1.54) is 32.1 Å². The first-order chi connectivity index (χ1) is 11.8. The van der Waals surface area contributed by atoms with Gasteiger partial charge in [-0.15, -0.1) is 0 Å². The Morgan fingerprint density at radius 2 is 1.88 bits per heavy atom. The second-order valence-electron chi connectivity index (χ2n) is 7.73. The van der Waals surface area contributed by atoms with Crippen LogP contribution in [0.25, 0.3) is 0 Å². The molecule has 4 rings (SSSR count). The third-order valence-corrected chi connectivity index (χ3v) is 6.22. The van der Waals surface area contributed by atoms with Crippen molar-refractivity contribution in [2.24, 2.45) is 5.92 Å². The monoisotopic (exact) mass is 336 g/mol. The zero-order valence-electron chi connectivity index (χ0n) is 14.4. The standard InChI is InChI=1S/C18H29FN4O/c19-10-14-11-23(15-6-8-24-9-7-15)12-16(14)18-20-17(21-22-18)13-4-2-1-3-5-13/h13-16H,1-12H2,(H,20,21,22)/t14-,16-/m1/s1. The van der Waals surface area contributed by atoms with Crippen molar-refractivity contribution < 1.29 is 9.13 Å². The van der Waals surface area contributed by atoms with Gasteiger partial charge in [0.15, 0.2) is 5.82 Å². The van der Waals surface area contributed by atoms with E-state index in [0.29, 0.717) is 12.0 Å². The smallest absolute Gasteiger partial charge is 0.153 e. The summed E-state index contributed by atoms with van der Waals surface area (Å²) in [6.45, 7) is 3.13. The van der Waals surface area contributed by atoms with Crippen LogP contribution >= 0.6 is 0 Å². The fourth-order valence-corrected chi connectivity index (χ4v) is 4.72. The number of alkyl halides is 1. The second kappa shape index (κ2) is 7.48. The number of hydrogen-bond acceptors (Lipinski definition) is 4. The second-order valence-corrected chi connectivity index (χ2v) is 7.73. The predicted molar refractivity (Wildman–Crippen MR) is 89.8 cm³/mol. The Morgan fingerprint density at radius 1 is 1.08 bits per heavy atom. The Bertz CT molecular complexity index is 525. The number of ether oxygens (including phenoxy) is 1. The molecule has 3 aliphatic rings. The number of halogens is 1. The predicted octanol–water partition coefficient (Wildman–Crippen LogP) is 3.02. The summed E-state index contributed by atoms with van der Waals surface area (Å²) >= 11 is 0. The van der Waals surface area contributed by atoms with Gasteiger partial charge in [0.05, 0.1) is 6.67 Å². The van der Waals surface area contributed by atoms with E-state index in [0.717, 1.165) is 50.8 Å². The maximum atomic E-state index is 13.6. The van der Waals surface area contributed by atoms with Crippen molar-refractivity contribution in [2.75, 3.05) is 33.0 Å². The van der Waals surface area contributed by atoms with Gasteiger partial charge >= 0.3 is 0 Å². The van der Waals surface area contributed by atoms with Crippen molar-refractivity contribution in [2.45, 2.75) is 62.8 Å². The van der Waals surface area contributed by atoms with Crippen LogP contribution in [0.3, 0.4) is 0 Å². The van der Waals surface area contributed by atoms with Gasteiger partial charge in [-0.2, -0.15) is 5.10 Å². The summed E-state index contributed by atoms with van der Waals surface area (Å²) in [6.07, 6.45) is 8.42. The van der Waals surface area contributed by atoms with Gasteiger partial charge in [-0.05, 0) is 25.7 Å². The summed E-state index contributed by atoms with van der Waals surface area (Å²) in [7, 11) is 0. The Balaban J connectivity index is 1.45. The van der Waals surface area contributed by atoms with E-state index in [4.69, 9.17) is 9.72 Å². The largest absolute Gasteiger partial charge is 0.381 e. The molecule has 2 atom stereocenters. The molecule has 1 saturated carbocycles. The molecule has 0 spiro atoms. The van der Waals surface area contributed by atoms with E-state index < -0.39 is 0 Å². The normalized spacial score (nSPS) is 30.9. The molecule has 0 bridgehead atoms. The zero-order valence-corrected chi connectivity index (χ0v) is 14.4. The van der Waals surface area contributed by atoms with E-state index in [-0.39, 0.29) is 18.5 Å². The quantitative estimate of drug-likeness (QED) is 0.918. The molecule has 3 heterocycles. The highest BCUT2D eigenvalue weighted by Gasteiger charge is 2.39. The first kappa shape index (κ1) is 16.5. The van der Waals surface area contributed by atoms with Crippen LogP contribution in [-0.4, -0.2) is 59.1 Å². The van der Waals surface area contributed by atoms with Crippen molar-refractivity contribution >= 4 is 0 Å². The summed E-state index contributed by atoms with van der Waals surface area (Å²) in [5.74, 6) is 2.57. The summed E-state index contributed by atoms with van der Waals surface area (Å²) in [5.41, 5.74) is 0. The van der Waals surface area contributed by atoms with E-state index in [1.54, 1.807) is 0 Å². The summed E-state index contributed by atoms with van der Waals surface area (Å²) in [5, 5.41) is 7.65.